The summed E-state index contributed by atoms with van der Waals surface area (Å²) < 4.78 is 11.3. The van der Waals surface area contributed by atoms with Crippen molar-refractivity contribution in [3.63, 3.8) is 0 Å². The molecule has 2 aromatic rings. The molecule has 0 saturated carbocycles. The minimum absolute atomic E-state index is 0.0661. The van der Waals surface area contributed by atoms with Gasteiger partial charge in [-0.2, -0.15) is 0 Å². The number of ether oxygens (including phenoxy) is 2. The van der Waals surface area contributed by atoms with Crippen molar-refractivity contribution in [1.82, 2.24) is 5.32 Å². The minimum Gasteiger partial charge on any atom is -0.491 e. The molecule has 0 spiro atoms. The molecule has 2 aliphatic rings. The predicted octanol–water partition coefficient (Wildman–Crippen LogP) is 3.34. The van der Waals surface area contributed by atoms with Gasteiger partial charge in [-0.3, -0.25) is 9.59 Å². The predicted molar refractivity (Wildman–Crippen MR) is 106 cm³/mol. The van der Waals surface area contributed by atoms with Gasteiger partial charge in [0.2, 0.25) is 0 Å². The molecule has 1 heterocycles. The van der Waals surface area contributed by atoms with Crippen LogP contribution in [0.4, 0.5) is 0 Å². The highest BCUT2D eigenvalue weighted by atomic mass is 16.5. The van der Waals surface area contributed by atoms with Gasteiger partial charge in [0.25, 0.3) is 5.91 Å². The van der Waals surface area contributed by atoms with E-state index in [0.29, 0.717) is 17.7 Å². The van der Waals surface area contributed by atoms with Crippen molar-refractivity contribution in [3.05, 3.63) is 64.7 Å². The lowest BCUT2D eigenvalue weighted by molar-refractivity contribution is 0.0679. The van der Waals surface area contributed by atoms with E-state index in [0.717, 1.165) is 50.7 Å². The van der Waals surface area contributed by atoms with E-state index in [1.807, 2.05) is 30.3 Å². The Balaban J connectivity index is 1.31. The van der Waals surface area contributed by atoms with E-state index in [2.05, 4.69) is 5.32 Å². The normalized spacial score (nSPS) is 21.0. The number of carbonyl (C=O) groups is 2. The molecule has 5 heteroatoms. The number of amides is 1. The van der Waals surface area contributed by atoms with Crippen molar-refractivity contribution in [2.24, 2.45) is 0 Å². The van der Waals surface area contributed by atoms with Crippen molar-refractivity contribution < 1.29 is 19.1 Å². The van der Waals surface area contributed by atoms with Gasteiger partial charge in [-0.15, -0.1) is 0 Å². The Hall–Kier alpha value is -2.66. The summed E-state index contributed by atoms with van der Waals surface area (Å²) in [5.74, 6) is 0.688. The van der Waals surface area contributed by atoms with E-state index in [1.54, 1.807) is 12.1 Å². The average Bonchev–Trinajstić information content (AvgIpc) is 3.26. The molecule has 0 radical (unpaired) electrons. The third-order valence-electron chi connectivity index (χ3n) is 5.51. The Morgan fingerprint density at radius 2 is 2.00 bits per heavy atom. The van der Waals surface area contributed by atoms with E-state index >= 15 is 0 Å². The molecule has 1 amide bonds. The standard InChI is InChI=1S/C23H25NO4/c25-14-16-3-4-19-13-20(8-5-18(19)12-16)24-23(26)17-6-9-21(10-7-17)28-15-22-2-1-11-27-22/h3-4,6-7,9-10,12,14,20,22H,1-2,5,8,11,13,15H2,(H,24,26)/t20-,22+/m1/s1. The van der Waals surface area contributed by atoms with E-state index in [-0.39, 0.29) is 18.1 Å². The minimum atomic E-state index is -0.0661. The number of rotatable bonds is 6. The summed E-state index contributed by atoms with van der Waals surface area (Å²) in [5, 5.41) is 3.13. The Labute approximate surface area is 165 Å². The summed E-state index contributed by atoms with van der Waals surface area (Å²) in [6.07, 6.45) is 5.74. The second kappa shape index (κ2) is 8.57. The molecule has 1 saturated heterocycles. The van der Waals surface area contributed by atoms with Crippen LogP contribution in [-0.4, -0.2) is 37.6 Å². The lowest BCUT2D eigenvalue weighted by Crippen LogP contribution is -2.38. The van der Waals surface area contributed by atoms with Crippen LogP contribution in [0.5, 0.6) is 5.75 Å². The number of aryl methyl sites for hydroxylation is 1. The van der Waals surface area contributed by atoms with Gasteiger partial charge in [-0.1, -0.05) is 12.1 Å². The van der Waals surface area contributed by atoms with Gasteiger partial charge in [0.05, 0.1) is 6.10 Å². The van der Waals surface area contributed by atoms with E-state index in [9.17, 15) is 9.59 Å². The van der Waals surface area contributed by atoms with Gasteiger partial charge in [-0.05, 0) is 73.6 Å². The number of benzene rings is 2. The molecule has 2 aromatic carbocycles. The molecule has 1 fully saturated rings. The second-order valence-corrected chi connectivity index (χ2v) is 7.53. The summed E-state index contributed by atoms with van der Waals surface area (Å²) in [5.41, 5.74) is 3.76. The van der Waals surface area contributed by atoms with Gasteiger partial charge >= 0.3 is 0 Å². The quantitative estimate of drug-likeness (QED) is 0.782. The van der Waals surface area contributed by atoms with Gasteiger partial charge in [0, 0.05) is 23.8 Å². The molecule has 5 nitrogen and oxygen atoms in total. The van der Waals surface area contributed by atoms with Crippen LogP contribution in [0.3, 0.4) is 0 Å². The van der Waals surface area contributed by atoms with Crippen LogP contribution in [0.1, 0.15) is 51.1 Å². The first-order chi connectivity index (χ1) is 13.7. The lowest BCUT2D eigenvalue weighted by Gasteiger charge is -2.25. The molecule has 2 atom stereocenters. The second-order valence-electron chi connectivity index (χ2n) is 7.53. The van der Waals surface area contributed by atoms with Crippen molar-refractivity contribution >= 4 is 12.2 Å². The van der Waals surface area contributed by atoms with Crippen molar-refractivity contribution in [3.8, 4) is 5.75 Å². The van der Waals surface area contributed by atoms with Gasteiger partial charge < -0.3 is 14.8 Å². The highest BCUT2D eigenvalue weighted by molar-refractivity contribution is 5.94. The Morgan fingerprint density at radius 3 is 2.75 bits per heavy atom. The van der Waals surface area contributed by atoms with Gasteiger partial charge in [0.1, 0.15) is 18.6 Å². The van der Waals surface area contributed by atoms with E-state index in [1.165, 1.54) is 11.1 Å². The zero-order valence-corrected chi connectivity index (χ0v) is 15.9. The topological polar surface area (TPSA) is 64.6 Å². The molecule has 0 aromatic heterocycles. The van der Waals surface area contributed by atoms with Gasteiger partial charge in [-0.25, -0.2) is 0 Å². The molecule has 1 aliphatic carbocycles. The first kappa shape index (κ1) is 18.7. The van der Waals surface area contributed by atoms with Crippen LogP contribution in [0.25, 0.3) is 0 Å². The average molecular weight is 379 g/mol. The third-order valence-corrected chi connectivity index (χ3v) is 5.51. The van der Waals surface area contributed by atoms with Crippen LogP contribution in [0.2, 0.25) is 0 Å². The first-order valence-electron chi connectivity index (χ1n) is 9.93. The molecule has 146 valence electrons. The summed E-state index contributed by atoms with van der Waals surface area (Å²) >= 11 is 0. The third kappa shape index (κ3) is 4.42. The van der Waals surface area contributed by atoms with Crippen LogP contribution >= 0.6 is 0 Å². The van der Waals surface area contributed by atoms with Crippen LogP contribution in [0, 0.1) is 0 Å². The van der Waals surface area contributed by atoms with Crippen LogP contribution in [0.15, 0.2) is 42.5 Å². The number of hydrogen-bond acceptors (Lipinski definition) is 4. The fourth-order valence-corrected chi connectivity index (χ4v) is 3.91. The lowest BCUT2D eigenvalue weighted by atomic mass is 9.87. The Kier molecular flexibility index (Phi) is 5.72. The molecular weight excluding hydrogens is 354 g/mol. The summed E-state index contributed by atoms with van der Waals surface area (Å²) in [6.45, 7) is 1.37. The number of aldehydes is 1. The zero-order valence-electron chi connectivity index (χ0n) is 15.9. The summed E-state index contributed by atoms with van der Waals surface area (Å²) in [4.78, 5) is 23.5. The highest BCUT2D eigenvalue weighted by Crippen LogP contribution is 2.23. The molecule has 1 N–H and O–H groups in total. The maximum atomic E-state index is 12.6. The monoisotopic (exact) mass is 379 g/mol. The SMILES string of the molecule is O=Cc1ccc2c(c1)CC[C@@H](NC(=O)c1ccc(OC[C@@H]3CCCO3)cc1)C2. The molecule has 0 bridgehead atoms. The molecule has 4 rings (SSSR count). The Bertz CT molecular complexity index is 840. The number of hydrogen-bond donors (Lipinski definition) is 1. The maximum absolute atomic E-state index is 12.6. The smallest absolute Gasteiger partial charge is 0.251 e. The van der Waals surface area contributed by atoms with Crippen LogP contribution < -0.4 is 10.1 Å². The maximum Gasteiger partial charge on any atom is 0.251 e. The first-order valence-corrected chi connectivity index (χ1v) is 9.93. The molecule has 0 unspecified atom stereocenters. The number of fused-ring (bicyclic) bond motifs is 1. The summed E-state index contributed by atoms with van der Waals surface area (Å²) in [6, 6.07) is 13.2. The number of carbonyl (C=O) groups excluding carboxylic acids is 2. The number of nitrogens with one attached hydrogen (secondary N) is 1. The molecule has 28 heavy (non-hydrogen) atoms. The fraction of sp³-hybridized carbons (Fsp3) is 0.391. The summed E-state index contributed by atoms with van der Waals surface area (Å²) in [7, 11) is 0. The van der Waals surface area contributed by atoms with Crippen LogP contribution in [-0.2, 0) is 17.6 Å². The van der Waals surface area contributed by atoms with E-state index in [4.69, 9.17) is 9.47 Å². The van der Waals surface area contributed by atoms with Gasteiger partial charge in [0.15, 0.2) is 0 Å². The Morgan fingerprint density at radius 1 is 1.14 bits per heavy atom. The molecular formula is C23H25NO4. The van der Waals surface area contributed by atoms with Crippen molar-refractivity contribution in [1.29, 1.82) is 0 Å². The van der Waals surface area contributed by atoms with E-state index < -0.39 is 0 Å². The van der Waals surface area contributed by atoms with Crippen molar-refractivity contribution in [2.45, 2.75) is 44.2 Å². The van der Waals surface area contributed by atoms with Crippen molar-refractivity contribution in [2.75, 3.05) is 13.2 Å². The highest BCUT2D eigenvalue weighted by Gasteiger charge is 2.21. The molecule has 1 aliphatic heterocycles. The zero-order chi connectivity index (χ0) is 19.3. The largest absolute Gasteiger partial charge is 0.491 e. The fourth-order valence-electron chi connectivity index (χ4n) is 3.91.